The van der Waals surface area contributed by atoms with E-state index in [0.717, 1.165) is 22.6 Å². The summed E-state index contributed by atoms with van der Waals surface area (Å²) in [5, 5.41) is 2.65. The van der Waals surface area contributed by atoms with Gasteiger partial charge in [-0.1, -0.05) is 6.92 Å². The SMILES string of the molecule is CCc1cc(SCl)ccc1NC=O. The van der Waals surface area contributed by atoms with Crippen LogP contribution in [0.3, 0.4) is 0 Å². The van der Waals surface area contributed by atoms with Gasteiger partial charge in [-0.25, -0.2) is 0 Å². The predicted molar refractivity (Wildman–Crippen MR) is 57.2 cm³/mol. The van der Waals surface area contributed by atoms with Gasteiger partial charge >= 0.3 is 0 Å². The number of hydrogen-bond donors (Lipinski definition) is 1. The molecule has 0 radical (unpaired) electrons. The Morgan fingerprint density at radius 1 is 1.62 bits per heavy atom. The van der Waals surface area contributed by atoms with Crippen LogP contribution in [0.15, 0.2) is 23.1 Å². The molecule has 0 aromatic heterocycles. The summed E-state index contributed by atoms with van der Waals surface area (Å²) < 4.78 is 0. The maximum atomic E-state index is 10.3. The summed E-state index contributed by atoms with van der Waals surface area (Å²) in [6.07, 6.45) is 1.56. The lowest BCUT2D eigenvalue weighted by Gasteiger charge is -2.06. The summed E-state index contributed by atoms with van der Waals surface area (Å²) in [6, 6.07) is 5.71. The van der Waals surface area contributed by atoms with Crippen LogP contribution in [-0.4, -0.2) is 6.41 Å². The summed E-state index contributed by atoms with van der Waals surface area (Å²) in [5.41, 5.74) is 1.95. The topological polar surface area (TPSA) is 29.1 Å². The second kappa shape index (κ2) is 5.14. The van der Waals surface area contributed by atoms with Crippen LogP contribution in [0, 0.1) is 0 Å². The number of carbonyl (C=O) groups is 1. The fraction of sp³-hybridized carbons (Fsp3) is 0.222. The molecule has 0 heterocycles. The molecular formula is C9H10ClNOS. The Bertz CT molecular complexity index is 304. The van der Waals surface area contributed by atoms with Crippen molar-refractivity contribution < 1.29 is 4.79 Å². The van der Waals surface area contributed by atoms with Gasteiger partial charge in [-0.3, -0.25) is 4.79 Å². The summed E-state index contributed by atoms with van der Waals surface area (Å²) >= 11 is 0. The van der Waals surface area contributed by atoms with Crippen molar-refractivity contribution in [2.24, 2.45) is 0 Å². The van der Waals surface area contributed by atoms with Crippen LogP contribution >= 0.6 is 21.7 Å². The lowest BCUT2D eigenvalue weighted by Crippen LogP contribution is -1.97. The predicted octanol–water partition coefficient (Wildman–Crippen LogP) is 3.06. The van der Waals surface area contributed by atoms with E-state index in [4.69, 9.17) is 10.7 Å². The Labute approximate surface area is 86.2 Å². The molecule has 0 saturated heterocycles. The molecule has 0 aliphatic carbocycles. The number of benzene rings is 1. The van der Waals surface area contributed by atoms with Crippen molar-refractivity contribution in [3.63, 3.8) is 0 Å². The van der Waals surface area contributed by atoms with E-state index in [1.807, 2.05) is 25.1 Å². The molecule has 0 unspecified atom stereocenters. The molecule has 0 aliphatic rings. The highest BCUT2D eigenvalue weighted by Gasteiger charge is 2.01. The maximum Gasteiger partial charge on any atom is 0.211 e. The van der Waals surface area contributed by atoms with E-state index in [2.05, 4.69) is 5.32 Å². The Morgan fingerprint density at radius 3 is 2.92 bits per heavy atom. The van der Waals surface area contributed by atoms with E-state index < -0.39 is 0 Å². The molecular weight excluding hydrogens is 206 g/mol. The summed E-state index contributed by atoms with van der Waals surface area (Å²) in [4.78, 5) is 11.2. The van der Waals surface area contributed by atoms with E-state index in [1.165, 1.54) is 11.0 Å². The molecule has 70 valence electrons. The van der Waals surface area contributed by atoms with Gasteiger partial charge in [-0.15, -0.1) is 0 Å². The van der Waals surface area contributed by atoms with E-state index >= 15 is 0 Å². The minimum absolute atomic E-state index is 0.683. The molecule has 0 spiro atoms. The quantitative estimate of drug-likeness (QED) is 0.783. The Kier molecular flexibility index (Phi) is 4.12. The van der Waals surface area contributed by atoms with Crippen molar-refractivity contribution in [3.8, 4) is 0 Å². The number of aryl methyl sites for hydroxylation is 1. The van der Waals surface area contributed by atoms with Gasteiger partial charge in [0, 0.05) is 10.6 Å². The maximum absolute atomic E-state index is 10.3. The van der Waals surface area contributed by atoms with E-state index in [1.54, 1.807) is 0 Å². The molecule has 0 bridgehead atoms. The third-order valence-corrected chi connectivity index (χ3v) is 2.73. The van der Waals surface area contributed by atoms with Crippen molar-refractivity contribution in [2.75, 3.05) is 5.32 Å². The van der Waals surface area contributed by atoms with Crippen LogP contribution < -0.4 is 5.32 Å². The first-order chi connectivity index (χ1) is 6.31. The van der Waals surface area contributed by atoms with Crippen LogP contribution in [0.2, 0.25) is 0 Å². The number of halogens is 1. The second-order valence-electron chi connectivity index (χ2n) is 2.51. The lowest BCUT2D eigenvalue weighted by molar-refractivity contribution is -0.105. The third kappa shape index (κ3) is 2.64. The monoisotopic (exact) mass is 215 g/mol. The molecule has 4 heteroatoms. The number of anilines is 1. The molecule has 1 N–H and O–H groups in total. The fourth-order valence-corrected chi connectivity index (χ4v) is 1.71. The van der Waals surface area contributed by atoms with Crippen LogP contribution in [-0.2, 0) is 11.2 Å². The molecule has 1 rings (SSSR count). The fourth-order valence-electron chi connectivity index (χ4n) is 1.11. The van der Waals surface area contributed by atoms with Crippen molar-refractivity contribution >= 4 is 33.8 Å². The van der Waals surface area contributed by atoms with Gasteiger partial charge in [-0.2, -0.15) is 0 Å². The van der Waals surface area contributed by atoms with Gasteiger partial charge in [0.15, 0.2) is 0 Å². The third-order valence-electron chi connectivity index (χ3n) is 1.76. The number of nitrogens with one attached hydrogen (secondary N) is 1. The Hall–Kier alpha value is -0.670. The zero-order valence-electron chi connectivity index (χ0n) is 7.21. The zero-order chi connectivity index (χ0) is 9.68. The molecule has 0 atom stereocenters. The number of carbonyl (C=O) groups excluding carboxylic acids is 1. The molecule has 0 aliphatic heterocycles. The van der Waals surface area contributed by atoms with E-state index in [-0.39, 0.29) is 0 Å². The van der Waals surface area contributed by atoms with Crippen molar-refractivity contribution in [3.05, 3.63) is 23.8 Å². The number of hydrogen-bond acceptors (Lipinski definition) is 2. The van der Waals surface area contributed by atoms with Crippen molar-refractivity contribution in [1.29, 1.82) is 0 Å². The van der Waals surface area contributed by atoms with Crippen LogP contribution in [0.25, 0.3) is 0 Å². The average Bonchev–Trinajstić information content (AvgIpc) is 2.19. The van der Waals surface area contributed by atoms with Crippen LogP contribution in [0.1, 0.15) is 12.5 Å². The van der Waals surface area contributed by atoms with Crippen LogP contribution in [0.5, 0.6) is 0 Å². The molecule has 0 saturated carbocycles. The summed E-state index contributed by atoms with van der Waals surface area (Å²) in [7, 11) is 6.79. The standard InChI is InChI=1S/C9H10ClNOS/c1-2-7-5-8(13-10)3-4-9(7)11-6-12/h3-6H,2H2,1H3,(H,11,12). The highest BCUT2D eigenvalue weighted by Crippen LogP contribution is 2.26. The minimum Gasteiger partial charge on any atom is -0.328 e. The Morgan fingerprint density at radius 2 is 2.38 bits per heavy atom. The molecule has 1 aromatic carbocycles. The molecule has 0 fully saturated rings. The lowest BCUT2D eigenvalue weighted by atomic mass is 10.1. The van der Waals surface area contributed by atoms with Crippen molar-refractivity contribution in [2.45, 2.75) is 18.2 Å². The van der Waals surface area contributed by atoms with Gasteiger partial charge in [0.1, 0.15) is 0 Å². The Balaban J connectivity index is 3.00. The summed E-state index contributed by atoms with van der Waals surface area (Å²) in [5.74, 6) is 0. The highest BCUT2D eigenvalue weighted by atomic mass is 35.7. The number of amides is 1. The highest BCUT2D eigenvalue weighted by molar-refractivity contribution is 8.21. The average molecular weight is 216 g/mol. The van der Waals surface area contributed by atoms with Crippen LogP contribution in [0.4, 0.5) is 5.69 Å². The largest absolute Gasteiger partial charge is 0.328 e. The molecule has 1 aromatic rings. The van der Waals surface area contributed by atoms with Gasteiger partial charge in [0.2, 0.25) is 6.41 Å². The van der Waals surface area contributed by atoms with Crippen molar-refractivity contribution in [1.82, 2.24) is 0 Å². The second-order valence-corrected chi connectivity index (χ2v) is 3.60. The van der Waals surface area contributed by atoms with Gasteiger partial charge in [0.05, 0.1) is 0 Å². The van der Waals surface area contributed by atoms with E-state index in [0.29, 0.717) is 6.41 Å². The zero-order valence-corrected chi connectivity index (χ0v) is 8.78. The first-order valence-corrected chi connectivity index (χ1v) is 5.57. The smallest absolute Gasteiger partial charge is 0.211 e. The van der Waals surface area contributed by atoms with Gasteiger partial charge in [0.25, 0.3) is 0 Å². The first kappa shape index (κ1) is 10.4. The molecule has 2 nitrogen and oxygen atoms in total. The van der Waals surface area contributed by atoms with E-state index in [9.17, 15) is 4.79 Å². The normalized spacial score (nSPS) is 9.69. The molecule has 1 amide bonds. The first-order valence-electron chi connectivity index (χ1n) is 3.93. The summed E-state index contributed by atoms with van der Waals surface area (Å²) in [6.45, 7) is 2.04. The van der Waals surface area contributed by atoms with Gasteiger partial charge in [-0.05, 0) is 51.8 Å². The molecule has 13 heavy (non-hydrogen) atoms. The minimum atomic E-state index is 0.683. The number of rotatable bonds is 4. The van der Waals surface area contributed by atoms with Gasteiger partial charge < -0.3 is 5.32 Å².